The van der Waals surface area contributed by atoms with Crippen molar-refractivity contribution in [2.75, 3.05) is 11.9 Å². The number of rotatable bonds is 8. The average molecular weight is 713 g/mol. The van der Waals surface area contributed by atoms with E-state index in [1.807, 2.05) is 6.92 Å². The molecule has 8 heteroatoms. The molecule has 7 aliphatic rings. The third-order valence-electron chi connectivity index (χ3n) is 16.4. The topological polar surface area (TPSA) is 101 Å². The number of likely N-dealkylation sites (tertiary alicyclic amines) is 1. The molecular formula is C44H60N2O6. The molecule has 2 heterocycles. The molecule has 0 N–H and O–H groups in total. The van der Waals surface area contributed by atoms with Crippen molar-refractivity contribution in [3.05, 3.63) is 29.3 Å². The highest BCUT2D eigenvalue weighted by Gasteiger charge is 2.73. The van der Waals surface area contributed by atoms with E-state index < -0.39 is 53.3 Å². The lowest BCUT2D eigenvalue weighted by Gasteiger charge is -2.61. The first kappa shape index (κ1) is 36.0. The molecule has 5 aliphatic carbocycles. The number of amides is 4. The summed E-state index contributed by atoms with van der Waals surface area (Å²) in [5.41, 5.74) is 2.13. The Balaban J connectivity index is 0.915. The van der Waals surface area contributed by atoms with Gasteiger partial charge in [0.15, 0.2) is 0 Å². The highest BCUT2D eigenvalue weighted by Crippen LogP contribution is 2.68. The predicted molar refractivity (Wildman–Crippen MR) is 198 cm³/mol. The van der Waals surface area contributed by atoms with Crippen LogP contribution in [0.25, 0.3) is 0 Å². The first-order valence-corrected chi connectivity index (χ1v) is 20.7. The Hall–Kier alpha value is -3.03. The van der Waals surface area contributed by atoms with Gasteiger partial charge in [-0.2, -0.15) is 0 Å². The first-order valence-electron chi connectivity index (χ1n) is 20.7. The van der Waals surface area contributed by atoms with Gasteiger partial charge >= 0.3 is 5.97 Å². The molecular weight excluding hydrogens is 652 g/mol. The minimum absolute atomic E-state index is 0.151. The van der Waals surface area contributed by atoms with Gasteiger partial charge in [-0.25, -0.2) is 9.69 Å². The first-order chi connectivity index (χ1) is 24.7. The zero-order chi connectivity index (χ0) is 37.0. The normalized spacial score (nSPS) is 41.3. The molecule has 8 rings (SSSR count). The Morgan fingerprint density at radius 1 is 0.788 bits per heavy atom. The molecule has 52 heavy (non-hydrogen) atoms. The molecule has 5 saturated carbocycles. The van der Waals surface area contributed by atoms with E-state index in [4.69, 9.17) is 4.74 Å². The number of hydrogen-bond acceptors (Lipinski definition) is 6. The van der Waals surface area contributed by atoms with Crippen molar-refractivity contribution >= 4 is 35.3 Å². The van der Waals surface area contributed by atoms with Crippen LogP contribution in [0.15, 0.2) is 18.2 Å². The van der Waals surface area contributed by atoms with E-state index in [-0.39, 0.29) is 11.5 Å². The summed E-state index contributed by atoms with van der Waals surface area (Å²) < 4.78 is 6.24. The Morgan fingerprint density at radius 2 is 1.42 bits per heavy atom. The monoisotopic (exact) mass is 712 g/mol. The van der Waals surface area contributed by atoms with Crippen LogP contribution >= 0.6 is 0 Å². The molecule has 13 unspecified atom stereocenters. The minimum atomic E-state index is -0.822. The second-order valence-electron chi connectivity index (χ2n) is 19.4. The number of aryl methyl sites for hydroxylation is 1. The Kier molecular flexibility index (Phi) is 8.85. The second kappa shape index (κ2) is 12.8. The van der Waals surface area contributed by atoms with Crippen molar-refractivity contribution in [2.45, 2.75) is 125 Å². The molecule has 2 aliphatic heterocycles. The van der Waals surface area contributed by atoms with E-state index in [1.165, 1.54) is 64.8 Å². The summed E-state index contributed by atoms with van der Waals surface area (Å²) in [6.45, 7) is 14.3. The summed E-state index contributed by atoms with van der Waals surface area (Å²) in [5, 5.41) is 0. The van der Waals surface area contributed by atoms with Crippen molar-refractivity contribution in [3.8, 4) is 0 Å². The van der Waals surface area contributed by atoms with E-state index >= 15 is 0 Å². The third kappa shape index (κ3) is 5.29. The predicted octanol–water partition coefficient (Wildman–Crippen LogP) is 7.99. The van der Waals surface area contributed by atoms with Gasteiger partial charge in [-0.15, -0.1) is 0 Å². The minimum Gasteiger partial charge on any atom is -0.459 e. The average Bonchev–Trinajstić information content (AvgIpc) is 3.60. The number of imide groups is 2. The van der Waals surface area contributed by atoms with E-state index in [2.05, 4.69) is 34.6 Å². The van der Waals surface area contributed by atoms with Crippen LogP contribution < -0.4 is 4.90 Å². The fourth-order valence-corrected chi connectivity index (χ4v) is 13.8. The number of carbonyl (C=O) groups excluding carboxylic acids is 5. The number of benzene rings is 1. The third-order valence-corrected chi connectivity index (χ3v) is 16.4. The van der Waals surface area contributed by atoms with Gasteiger partial charge in [0.25, 0.3) is 0 Å². The van der Waals surface area contributed by atoms with Gasteiger partial charge in [0.2, 0.25) is 23.6 Å². The van der Waals surface area contributed by atoms with Crippen LogP contribution in [0.4, 0.5) is 5.69 Å². The molecule has 8 nitrogen and oxygen atoms in total. The molecule has 2 saturated heterocycles. The van der Waals surface area contributed by atoms with Crippen molar-refractivity contribution in [1.29, 1.82) is 0 Å². The van der Waals surface area contributed by atoms with Crippen molar-refractivity contribution in [3.63, 3.8) is 0 Å². The molecule has 0 bridgehead atoms. The standard InChI is InChI=1S/C44H60N2O6/c1-23(2)9-8-10-25(4)31-13-14-32-30-12-11-27-22-29(15-17-43(27,5)33(30)16-18-44(31,32)6)52-42(51)26-19-24(3)20-28(21-26)46-40(49)36-34-35(37(36)41(46)50)39(48)45(7)38(34)47/h19-21,23,25,27,29-37H,8-18,22H2,1-7H3. The molecule has 7 fully saturated rings. The van der Waals surface area contributed by atoms with Crippen molar-refractivity contribution in [1.82, 2.24) is 4.90 Å². The van der Waals surface area contributed by atoms with Crippen LogP contribution in [0.3, 0.4) is 0 Å². The van der Waals surface area contributed by atoms with Crippen LogP contribution in [-0.4, -0.2) is 47.6 Å². The van der Waals surface area contributed by atoms with Gasteiger partial charge in [0, 0.05) is 7.05 Å². The Bertz CT molecular complexity index is 1650. The summed E-state index contributed by atoms with van der Waals surface area (Å²) in [5.74, 6) is 0.111. The number of nitrogens with zero attached hydrogens (tertiary/aromatic N) is 2. The van der Waals surface area contributed by atoms with Crippen LogP contribution in [0, 0.1) is 82.9 Å². The number of anilines is 1. The number of fused-ring (bicyclic) bond motifs is 9. The lowest BCUT2D eigenvalue weighted by Crippen LogP contribution is -2.54. The zero-order valence-corrected chi connectivity index (χ0v) is 32.5. The molecule has 4 amide bonds. The maximum atomic E-state index is 13.7. The fraction of sp³-hybridized carbons (Fsp3) is 0.750. The SMILES string of the molecule is Cc1cc(C(=O)OC2CCC3(C)C(CCC4C3CCC3(C)C(C(C)CCCC(C)C)CCC43)C2)cc(N2C(=O)C3C4C(=O)N(C)C(=O)C4C3C2=O)c1. The van der Waals surface area contributed by atoms with Gasteiger partial charge in [-0.3, -0.25) is 24.1 Å². The highest BCUT2D eigenvalue weighted by atomic mass is 16.5. The summed E-state index contributed by atoms with van der Waals surface area (Å²) in [6.07, 6.45) is 14.8. The Labute approximate surface area is 310 Å². The van der Waals surface area contributed by atoms with E-state index in [1.54, 1.807) is 18.2 Å². The molecule has 0 radical (unpaired) electrons. The van der Waals surface area contributed by atoms with Gasteiger partial charge in [0.05, 0.1) is 34.9 Å². The summed E-state index contributed by atoms with van der Waals surface area (Å²) in [6, 6.07) is 5.03. The van der Waals surface area contributed by atoms with Crippen LogP contribution in [-0.2, 0) is 23.9 Å². The molecule has 1 aromatic carbocycles. The van der Waals surface area contributed by atoms with E-state index in [9.17, 15) is 24.0 Å². The van der Waals surface area contributed by atoms with Gasteiger partial charge in [-0.1, -0.05) is 53.9 Å². The second-order valence-corrected chi connectivity index (χ2v) is 19.4. The lowest BCUT2D eigenvalue weighted by atomic mass is 9.44. The molecule has 0 spiro atoms. The highest BCUT2D eigenvalue weighted by molar-refractivity contribution is 6.27. The largest absolute Gasteiger partial charge is 0.459 e. The molecule has 1 aromatic rings. The van der Waals surface area contributed by atoms with Crippen LogP contribution in [0.2, 0.25) is 0 Å². The maximum Gasteiger partial charge on any atom is 0.338 e. The Morgan fingerprint density at radius 3 is 2.10 bits per heavy atom. The number of hydrogen-bond donors (Lipinski definition) is 0. The number of esters is 1. The molecule has 13 atom stereocenters. The number of carbonyl (C=O) groups is 5. The van der Waals surface area contributed by atoms with Crippen LogP contribution in [0.1, 0.15) is 128 Å². The van der Waals surface area contributed by atoms with Crippen LogP contribution in [0.5, 0.6) is 0 Å². The fourth-order valence-electron chi connectivity index (χ4n) is 13.8. The maximum absolute atomic E-state index is 13.7. The smallest absolute Gasteiger partial charge is 0.338 e. The summed E-state index contributed by atoms with van der Waals surface area (Å²) in [4.78, 5) is 68.3. The van der Waals surface area contributed by atoms with Crippen molar-refractivity contribution in [2.24, 2.45) is 75.9 Å². The summed E-state index contributed by atoms with van der Waals surface area (Å²) >= 11 is 0. The molecule has 282 valence electrons. The summed E-state index contributed by atoms with van der Waals surface area (Å²) in [7, 11) is 1.41. The molecule has 0 aromatic heterocycles. The van der Waals surface area contributed by atoms with Gasteiger partial charge in [0.1, 0.15) is 6.10 Å². The van der Waals surface area contributed by atoms with E-state index in [0.29, 0.717) is 22.6 Å². The van der Waals surface area contributed by atoms with Gasteiger partial charge < -0.3 is 4.74 Å². The number of ether oxygens (including phenoxy) is 1. The van der Waals surface area contributed by atoms with Gasteiger partial charge in [-0.05, 0) is 141 Å². The lowest BCUT2D eigenvalue weighted by molar-refractivity contribution is -0.146. The van der Waals surface area contributed by atoms with Crippen molar-refractivity contribution < 1.29 is 28.7 Å². The quantitative estimate of drug-likeness (QED) is 0.200. The van der Waals surface area contributed by atoms with E-state index in [0.717, 1.165) is 70.1 Å². The zero-order valence-electron chi connectivity index (χ0n) is 32.5.